The van der Waals surface area contributed by atoms with E-state index < -0.39 is 21.8 Å². The van der Waals surface area contributed by atoms with Crippen molar-refractivity contribution in [3.8, 4) is 16.9 Å². The molecule has 0 spiro atoms. The molecule has 0 radical (unpaired) electrons. The number of benzene rings is 3. The van der Waals surface area contributed by atoms with Crippen molar-refractivity contribution in [2.45, 2.75) is 50.7 Å². The molecule has 0 saturated carbocycles. The van der Waals surface area contributed by atoms with Gasteiger partial charge < -0.3 is 5.11 Å². The number of phenolic OH excluding ortho intramolecular Hbond substituents is 1. The van der Waals surface area contributed by atoms with Gasteiger partial charge in [0.15, 0.2) is 0 Å². The molecule has 0 saturated heterocycles. The number of aromatic hydroxyl groups is 1. The first kappa shape index (κ1) is 23.2. The molecule has 3 aromatic carbocycles. The highest BCUT2D eigenvalue weighted by Crippen LogP contribution is 2.47. The second-order valence-electron chi connectivity index (χ2n) is 8.58. The third-order valence-corrected chi connectivity index (χ3v) is 8.29. The van der Waals surface area contributed by atoms with Crippen LogP contribution in [0.5, 0.6) is 5.75 Å². The van der Waals surface area contributed by atoms with Crippen LogP contribution in [0, 0.1) is 13.8 Å². The number of halogens is 3. The molecule has 3 aromatic rings. The maximum absolute atomic E-state index is 13.6. The zero-order valence-corrected chi connectivity index (χ0v) is 19.4. The number of anilines is 1. The summed E-state index contributed by atoms with van der Waals surface area (Å²) in [6.45, 7) is 7.23. The molecule has 1 aliphatic heterocycles. The van der Waals surface area contributed by atoms with E-state index in [9.17, 15) is 26.7 Å². The van der Waals surface area contributed by atoms with E-state index in [1.165, 1.54) is 34.6 Å². The van der Waals surface area contributed by atoms with Crippen LogP contribution < -0.4 is 4.31 Å². The van der Waals surface area contributed by atoms with Crippen molar-refractivity contribution < 1.29 is 26.7 Å². The van der Waals surface area contributed by atoms with Gasteiger partial charge in [-0.3, -0.25) is 4.31 Å². The Bertz CT molecular complexity index is 1330. The lowest BCUT2D eigenvalue weighted by atomic mass is 9.92. The third-order valence-electron chi connectivity index (χ3n) is 6.41. The monoisotopic (exact) mass is 475 g/mol. The van der Waals surface area contributed by atoms with E-state index in [4.69, 9.17) is 0 Å². The van der Waals surface area contributed by atoms with Crippen molar-refractivity contribution in [2.24, 2.45) is 0 Å². The average Bonchev–Trinajstić information content (AvgIpc) is 3.01. The minimum atomic E-state index is -4.40. The molecule has 1 heterocycles. The van der Waals surface area contributed by atoms with E-state index in [-0.39, 0.29) is 22.6 Å². The Morgan fingerprint density at radius 1 is 0.879 bits per heavy atom. The van der Waals surface area contributed by atoms with Crippen molar-refractivity contribution in [3.63, 3.8) is 0 Å². The van der Waals surface area contributed by atoms with Crippen molar-refractivity contribution in [1.29, 1.82) is 0 Å². The molecular formula is C25H24F3NO3S. The highest BCUT2D eigenvalue weighted by molar-refractivity contribution is 7.92. The van der Waals surface area contributed by atoms with Crippen LogP contribution in [-0.4, -0.2) is 19.6 Å². The van der Waals surface area contributed by atoms with Gasteiger partial charge in [-0.05, 0) is 91.1 Å². The van der Waals surface area contributed by atoms with Crippen LogP contribution in [0.2, 0.25) is 0 Å². The number of rotatable bonds is 3. The number of phenols is 1. The summed E-state index contributed by atoms with van der Waals surface area (Å²) >= 11 is 0. The summed E-state index contributed by atoms with van der Waals surface area (Å²) in [4.78, 5) is 0.0934. The first-order valence-corrected chi connectivity index (χ1v) is 11.9. The maximum atomic E-state index is 13.6. The van der Waals surface area contributed by atoms with Gasteiger partial charge >= 0.3 is 6.18 Å². The molecule has 8 heteroatoms. The zero-order chi connectivity index (χ0) is 24.3. The van der Waals surface area contributed by atoms with Crippen LogP contribution in [0.4, 0.5) is 18.9 Å². The normalized spacial score (nSPS) is 18.5. The number of alkyl halides is 3. The minimum Gasteiger partial charge on any atom is -0.508 e. The van der Waals surface area contributed by atoms with Crippen LogP contribution in [0.15, 0.2) is 59.5 Å². The molecule has 0 amide bonds. The van der Waals surface area contributed by atoms with Gasteiger partial charge in [0.2, 0.25) is 0 Å². The molecule has 33 heavy (non-hydrogen) atoms. The number of hydrogen-bond donors (Lipinski definition) is 1. The second kappa shape index (κ2) is 7.80. The number of sulfonamides is 1. The molecule has 0 fully saturated rings. The highest BCUT2D eigenvalue weighted by Gasteiger charge is 2.42. The van der Waals surface area contributed by atoms with Crippen molar-refractivity contribution in [2.75, 3.05) is 4.31 Å². The standard InChI is InChI=1S/C25H24F3NO3S/c1-14-12-21(9-10-23(14)30)33(31,32)29-17(4)16(3)22-13-19(11-15(2)24(22)29)18-5-7-20(8-6-18)25(26,27)28/h5-13,16-17,30H,1-4H3. The molecule has 1 N–H and O–H groups in total. The van der Waals surface area contributed by atoms with E-state index in [1.807, 2.05) is 26.8 Å². The van der Waals surface area contributed by atoms with Crippen LogP contribution in [0.3, 0.4) is 0 Å². The molecule has 0 aromatic heterocycles. The Morgan fingerprint density at radius 3 is 2.09 bits per heavy atom. The van der Waals surface area contributed by atoms with Gasteiger partial charge in [-0.1, -0.05) is 19.1 Å². The van der Waals surface area contributed by atoms with Gasteiger partial charge in [-0.2, -0.15) is 13.2 Å². The predicted molar refractivity (Wildman–Crippen MR) is 122 cm³/mol. The Balaban J connectivity index is 1.81. The van der Waals surface area contributed by atoms with E-state index in [1.54, 1.807) is 13.0 Å². The Labute approximate surface area is 191 Å². The fraction of sp³-hybridized carbons (Fsp3) is 0.280. The molecular weight excluding hydrogens is 451 g/mol. The number of hydrogen-bond acceptors (Lipinski definition) is 3. The largest absolute Gasteiger partial charge is 0.508 e. The van der Waals surface area contributed by atoms with Crippen molar-refractivity contribution in [3.05, 3.63) is 76.9 Å². The minimum absolute atomic E-state index is 0.0227. The first-order valence-electron chi connectivity index (χ1n) is 10.5. The van der Waals surface area contributed by atoms with Gasteiger partial charge in [-0.15, -0.1) is 0 Å². The van der Waals surface area contributed by atoms with Gasteiger partial charge in [-0.25, -0.2) is 8.42 Å². The topological polar surface area (TPSA) is 57.6 Å². The highest BCUT2D eigenvalue weighted by atomic mass is 32.2. The van der Waals surface area contributed by atoms with Crippen LogP contribution >= 0.6 is 0 Å². The molecule has 0 aliphatic carbocycles. The summed E-state index contributed by atoms with van der Waals surface area (Å²) in [5.41, 5.74) is 3.26. The molecule has 1 aliphatic rings. The Morgan fingerprint density at radius 2 is 1.52 bits per heavy atom. The Kier molecular flexibility index (Phi) is 5.47. The SMILES string of the molecule is Cc1cc(S(=O)(=O)N2c3c(C)cc(-c4ccc(C(F)(F)F)cc4)cc3C(C)C2C)ccc1O. The van der Waals surface area contributed by atoms with E-state index >= 15 is 0 Å². The lowest BCUT2D eigenvalue weighted by Gasteiger charge is -2.27. The lowest BCUT2D eigenvalue weighted by molar-refractivity contribution is -0.137. The van der Waals surface area contributed by atoms with Gasteiger partial charge in [0, 0.05) is 12.0 Å². The van der Waals surface area contributed by atoms with E-state index in [0.29, 0.717) is 16.8 Å². The van der Waals surface area contributed by atoms with Crippen LogP contribution in [0.25, 0.3) is 11.1 Å². The van der Waals surface area contributed by atoms with E-state index in [2.05, 4.69) is 0 Å². The Hall–Kier alpha value is -3.00. The molecule has 174 valence electrons. The lowest BCUT2D eigenvalue weighted by Crippen LogP contribution is -2.37. The summed E-state index contributed by atoms with van der Waals surface area (Å²) in [7, 11) is -3.90. The van der Waals surface area contributed by atoms with Crippen LogP contribution in [-0.2, 0) is 16.2 Å². The zero-order valence-electron chi connectivity index (χ0n) is 18.6. The molecule has 4 nitrogen and oxygen atoms in total. The van der Waals surface area contributed by atoms with Crippen LogP contribution in [0.1, 0.15) is 42.0 Å². The summed E-state index contributed by atoms with van der Waals surface area (Å²) in [6, 6.07) is 12.5. The number of aryl methyl sites for hydroxylation is 2. The van der Waals surface area contributed by atoms with E-state index in [0.717, 1.165) is 28.8 Å². The van der Waals surface area contributed by atoms with Gasteiger partial charge in [0.1, 0.15) is 5.75 Å². The molecule has 2 unspecified atom stereocenters. The third kappa shape index (κ3) is 3.86. The summed E-state index contributed by atoms with van der Waals surface area (Å²) < 4.78 is 67.4. The van der Waals surface area contributed by atoms with Crippen molar-refractivity contribution in [1.82, 2.24) is 0 Å². The van der Waals surface area contributed by atoms with Gasteiger partial charge in [0.05, 0.1) is 16.1 Å². The fourth-order valence-electron chi connectivity index (χ4n) is 4.38. The maximum Gasteiger partial charge on any atom is 0.416 e. The fourth-order valence-corrected chi connectivity index (χ4v) is 6.28. The predicted octanol–water partition coefficient (Wildman–Crippen LogP) is 6.40. The average molecular weight is 476 g/mol. The molecule has 4 rings (SSSR count). The summed E-state index contributed by atoms with van der Waals surface area (Å²) in [5, 5.41) is 9.80. The van der Waals surface area contributed by atoms with Crippen molar-refractivity contribution >= 4 is 15.7 Å². The second-order valence-corrected chi connectivity index (χ2v) is 10.4. The summed E-state index contributed by atoms with van der Waals surface area (Å²) in [6.07, 6.45) is -4.40. The molecule has 0 bridgehead atoms. The quantitative estimate of drug-likeness (QED) is 0.477. The molecule has 2 atom stereocenters. The first-order chi connectivity index (χ1) is 15.3. The number of fused-ring (bicyclic) bond motifs is 1. The van der Waals surface area contributed by atoms with Gasteiger partial charge in [0.25, 0.3) is 10.0 Å². The smallest absolute Gasteiger partial charge is 0.416 e. The number of nitrogens with zero attached hydrogens (tertiary/aromatic N) is 1. The summed E-state index contributed by atoms with van der Waals surface area (Å²) in [5.74, 6) is -0.101.